The van der Waals surface area contributed by atoms with Gasteiger partial charge in [-0.1, -0.05) is 11.6 Å². The number of piperidine rings is 1. The van der Waals surface area contributed by atoms with Crippen molar-refractivity contribution < 1.29 is 9.53 Å². The number of halogens is 1. The van der Waals surface area contributed by atoms with Crippen molar-refractivity contribution in [3.63, 3.8) is 0 Å². The van der Waals surface area contributed by atoms with E-state index in [2.05, 4.69) is 14.9 Å². The fourth-order valence-corrected chi connectivity index (χ4v) is 5.02. The molecule has 2 aromatic rings. The number of likely N-dealkylation sites (tertiary alicyclic amines) is 1. The fraction of sp³-hybridized carbons (Fsp3) is 0.560. The highest BCUT2D eigenvalue weighted by Gasteiger charge is 2.38. The topological polar surface area (TPSA) is 84.6 Å². The Morgan fingerprint density at radius 1 is 1.18 bits per heavy atom. The van der Waals surface area contributed by atoms with Gasteiger partial charge >= 0.3 is 0 Å². The molecule has 0 atom stereocenters. The summed E-state index contributed by atoms with van der Waals surface area (Å²) in [7, 11) is 0. The van der Waals surface area contributed by atoms with E-state index in [1.807, 2.05) is 37.8 Å². The largest absolute Gasteiger partial charge is 0.494 e. The summed E-state index contributed by atoms with van der Waals surface area (Å²) < 4.78 is 6.04. The normalized spacial score (nSPS) is 18.2. The average molecular weight is 472 g/mol. The lowest BCUT2D eigenvalue weighted by Crippen LogP contribution is -2.66. The van der Waals surface area contributed by atoms with Gasteiger partial charge in [0.2, 0.25) is 5.95 Å². The summed E-state index contributed by atoms with van der Waals surface area (Å²) in [5.74, 6) is 2.36. The highest BCUT2D eigenvalue weighted by molar-refractivity contribution is 6.30. The van der Waals surface area contributed by atoms with Crippen LogP contribution in [0.2, 0.25) is 5.02 Å². The number of rotatable bonds is 7. The van der Waals surface area contributed by atoms with Gasteiger partial charge < -0.3 is 20.3 Å². The minimum absolute atomic E-state index is 0.0646. The Hall–Kier alpha value is -2.38. The molecule has 2 aliphatic heterocycles. The van der Waals surface area contributed by atoms with Crippen LogP contribution in [0.15, 0.2) is 24.5 Å². The van der Waals surface area contributed by atoms with Crippen molar-refractivity contribution in [1.29, 1.82) is 0 Å². The third kappa shape index (κ3) is 5.76. The molecule has 1 amide bonds. The fourth-order valence-electron chi connectivity index (χ4n) is 4.92. The molecule has 2 fully saturated rings. The number of aromatic nitrogens is 2. The Kier molecular flexibility index (Phi) is 7.10. The number of nitrogens with zero attached hydrogens (tertiary/aromatic N) is 4. The molecule has 8 heteroatoms. The number of anilines is 1. The zero-order chi connectivity index (χ0) is 23.6. The van der Waals surface area contributed by atoms with Crippen LogP contribution in [0.4, 0.5) is 5.95 Å². The molecule has 178 valence electrons. The van der Waals surface area contributed by atoms with Crippen molar-refractivity contribution in [3.05, 3.63) is 46.2 Å². The van der Waals surface area contributed by atoms with Crippen molar-refractivity contribution in [2.45, 2.75) is 52.0 Å². The maximum atomic E-state index is 12.8. The molecule has 2 N–H and O–H groups in total. The molecule has 33 heavy (non-hydrogen) atoms. The quantitative estimate of drug-likeness (QED) is 0.614. The van der Waals surface area contributed by atoms with Crippen LogP contribution in [0.3, 0.4) is 0 Å². The third-order valence-corrected chi connectivity index (χ3v) is 6.84. The van der Waals surface area contributed by atoms with E-state index in [1.165, 1.54) is 0 Å². The minimum Gasteiger partial charge on any atom is -0.494 e. The molecule has 0 bridgehead atoms. The predicted molar refractivity (Wildman–Crippen MR) is 131 cm³/mol. The number of aryl methyl sites for hydroxylation is 2. The summed E-state index contributed by atoms with van der Waals surface area (Å²) >= 11 is 5.88. The van der Waals surface area contributed by atoms with E-state index in [9.17, 15) is 4.79 Å². The van der Waals surface area contributed by atoms with Crippen LogP contribution in [0, 0.1) is 19.8 Å². The molecule has 0 unspecified atom stereocenters. The lowest BCUT2D eigenvalue weighted by atomic mass is 9.91. The average Bonchev–Trinajstić information content (AvgIpc) is 2.75. The van der Waals surface area contributed by atoms with E-state index in [4.69, 9.17) is 22.1 Å². The first kappa shape index (κ1) is 23.8. The number of hydrogen-bond donors (Lipinski definition) is 1. The third-order valence-electron chi connectivity index (χ3n) is 6.64. The molecule has 3 heterocycles. The van der Waals surface area contributed by atoms with Crippen molar-refractivity contribution in [1.82, 2.24) is 14.9 Å². The van der Waals surface area contributed by atoms with Crippen molar-refractivity contribution in [2.24, 2.45) is 11.7 Å². The Labute approximate surface area is 201 Å². The molecule has 2 saturated heterocycles. The van der Waals surface area contributed by atoms with Crippen LogP contribution >= 0.6 is 11.6 Å². The lowest BCUT2D eigenvalue weighted by Gasteiger charge is -2.45. The molecule has 0 aliphatic carbocycles. The van der Waals surface area contributed by atoms with E-state index in [-0.39, 0.29) is 11.4 Å². The van der Waals surface area contributed by atoms with Crippen LogP contribution in [0.1, 0.15) is 54.1 Å². The van der Waals surface area contributed by atoms with Gasteiger partial charge in [-0.2, -0.15) is 0 Å². The monoisotopic (exact) mass is 471 g/mol. The van der Waals surface area contributed by atoms with Gasteiger partial charge in [-0.15, -0.1) is 0 Å². The van der Waals surface area contributed by atoms with E-state index < -0.39 is 0 Å². The highest BCUT2D eigenvalue weighted by atomic mass is 35.5. The Balaban J connectivity index is 1.21. The zero-order valence-corrected chi connectivity index (χ0v) is 20.6. The number of nitrogens with two attached hydrogens (primary N) is 1. The molecule has 2 aliphatic rings. The molecule has 1 aromatic heterocycles. The van der Waals surface area contributed by atoms with Crippen molar-refractivity contribution in [3.8, 4) is 5.75 Å². The smallest absolute Gasteiger partial charge is 0.254 e. The van der Waals surface area contributed by atoms with Gasteiger partial charge in [0, 0.05) is 37.3 Å². The second-order valence-electron chi connectivity index (χ2n) is 9.87. The summed E-state index contributed by atoms with van der Waals surface area (Å²) in [5.41, 5.74) is 8.48. The SMILES string of the molecule is Cc1cc(OCCCC2CCN(c3ncc(Cl)cn3)CC2)cc(C)c1C(=O)N1CC(C)(N)C1. The van der Waals surface area contributed by atoms with E-state index in [1.54, 1.807) is 12.4 Å². The van der Waals surface area contributed by atoms with Crippen molar-refractivity contribution >= 4 is 23.5 Å². The molecule has 0 spiro atoms. The summed E-state index contributed by atoms with van der Waals surface area (Å²) in [6.45, 7) is 9.78. The lowest BCUT2D eigenvalue weighted by molar-refractivity contribution is 0.0452. The van der Waals surface area contributed by atoms with Crippen LogP contribution in [0.5, 0.6) is 5.75 Å². The molecular weight excluding hydrogens is 438 g/mol. The van der Waals surface area contributed by atoms with Gasteiger partial charge in [0.25, 0.3) is 5.91 Å². The number of carbonyl (C=O) groups excluding carboxylic acids is 1. The number of carbonyl (C=O) groups is 1. The number of benzene rings is 1. The molecule has 0 saturated carbocycles. The van der Waals surface area contributed by atoms with Crippen LogP contribution < -0.4 is 15.4 Å². The number of ether oxygens (including phenoxy) is 1. The van der Waals surface area contributed by atoms with Gasteiger partial charge in [-0.05, 0) is 75.6 Å². The summed E-state index contributed by atoms with van der Waals surface area (Å²) in [5, 5.41) is 0.565. The van der Waals surface area contributed by atoms with E-state index >= 15 is 0 Å². The highest BCUT2D eigenvalue weighted by Crippen LogP contribution is 2.28. The first-order valence-corrected chi connectivity index (χ1v) is 12.1. The summed E-state index contributed by atoms with van der Waals surface area (Å²) in [6.07, 6.45) is 7.75. The zero-order valence-electron chi connectivity index (χ0n) is 19.8. The van der Waals surface area contributed by atoms with Gasteiger partial charge in [-0.25, -0.2) is 9.97 Å². The van der Waals surface area contributed by atoms with Crippen LogP contribution in [0.25, 0.3) is 0 Å². The summed E-state index contributed by atoms with van der Waals surface area (Å²) in [6, 6.07) is 3.96. The second kappa shape index (κ2) is 9.85. The van der Waals surface area contributed by atoms with E-state index in [0.29, 0.717) is 30.6 Å². The minimum atomic E-state index is -0.263. The molecular formula is C25H34ClN5O2. The maximum absolute atomic E-state index is 12.8. The van der Waals surface area contributed by atoms with Crippen LogP contribution in [-0.4, -0.2) is 59.1 Å². The van der Waals surface area contributed by atoms with Crippen LogP contribution in [-0.2, 0) is 0 Å². The molecule has 0 radical (unpaired) electrons. The Morgan fingerprint density at radius 2 is 1.79 bits per heavy atom. The first-order valence-electron chi connectivity index (χ1n) is 11.8. The Bertz CT molecular complexity index is 956. The molecule has 4 rings (SSSR count). The Morgan fingerprint density at radius 3 is 2.36 bits per heavy atom. The summed E-state index contributed by atoms with van der Waals surface area (Å²) in [4.78, 5) is 25.5. The predicted octanol–water partition coefficient (Wildman–Crippen LogP) is 4.00. The van der Waals surface area contributed by atoms with Gasteiger partial charge in [0.1, 0.15) is 5.75 Å². The standard InChI is InChI=1S/C25H34ClN5O2/c1-17-11-21(12-18(2)22(17)23(32)31-15-25(3,27)16-31)33-10-4-5-19-6-8-30(9-7-19)24-28-13-20(26)14-29-24/h11-14,19H,4-10,15-16,27H2,1-3H3. The maximum Gasteiger partial charge on any atom is 0.254 e. The number of amides is 1. The van der Waals surface area contributed by atoms with E-state index in [0.717, 1.165) is 67.2 Å². The van der Waals surface area contributed by atoms with Gasteiger partial charge in [-0.3, -0.25) is 4.79 Å². The second-order valence-corrected chi connectivity index (χ2v) is 10.3. The van der Waals surface area contributed by atoms with Gasteiger partial charge in [0.15, 0.2) is 0 Å². The van der Waals surface area contributed by atoms with Gasteiger partial charge in [0.05, 0.1) is 24.0 Å². The molecule has 1 aromatic carbocycles. The van der Waals surface area contributed by atoms with Crippen molar-refractivity contribution in [2.75, 3.05) is 37.7 Å². The number of hydrogen-bond acceptors (Lipinski definition) is 6. The molecule has 7 nitrogen and oxygen atoms in total. The first-order chi connectivity index (χ1) is 15.7.